The van der Waals surface area contributed by atoms with Gasteiger partial charge in [0.2, 0.25) is 0 Å². The highest BCUT2D eigenvalue weighted by atomic mass is 15.1. The van der Waals surface area contributed by atoms with Crippen LogP contribution in [0.4, 0.5) is 11.4 Å². The van der Waals surface area contributed by atoms with E-state index >= 15 is 0 Å². The minimum absolute atomic E-state index is 0.00263. The summed E-state index contributed by atoms with van der Waals surface area (Å²) in [6.07, 6.45) is 0. The van der Waals surface area contributed by atoms with Crippen molar-refractivity contribution in [3.05, 3.63) is 168 Å². The van der Waals surface area contributed by atoms with Gasteiger partial charge in [-0.2, -0.15) is 0 Å². The highest BCUT2D eigenvalue weighted by Gasteiger charge is 2.40. The highest BCUT2D eigenvalue weighted by Crippen LogP contribution is 2.45. The number of para-hydroxylation sites is 2. The monoisotopic (exact) mass is 575 g/mol. The Morgan fingerprint density at radius 1 is 0.467 bits per heavy atom. The second-order valence-electron chi connectivity index (χ2n) is 12.2. The number of benzene rings is 7. The lowest BCUT2D eigenvalue weighted by molar-refractivity contribution is 1.34. The molecule has 0 saturated carbocycles. The molecule has 0 unspecified atom stereocenters. The van der Waals surface area contributed by atoms with Gasteiger partial charge in [0.1, 0.15) is 0 Å². The molecular weight excluding hydrogens is 541 g/mol. The van der Waals surface area contributed by atoms with Gasteiger partial charge in [-0.05, 0) is 112 Å². The summed E-state index contributed by atoms with van der Waals surface area (Å²) in [5, 5.41) is 2.54. The molecule has 7 aromatic rings. The largest absolute Gasteiger partial charge is 0.376 e. The number of aryl methyl sites for hydroxylation is 2. The Morgan fingerprint density at radius 3 is 1.84 bits per heavy atom. The lowest BCUT2D eigenvalue weighted by Gasteiger charge is -2.41. The van der Waals surface area contributed by atoms with Crippen molar-refractivity contribution in [3.8, 4) is 33.4 Å². The fourth-order valence-corrected chi connectivity index (χ4v) is 7.47. The van der Waals surface area contributed by atoms with Crippen molar-refractivity contribution in [2.45, 2.75) is 20.8 Å². The van der Waals surface area contributed by atoms with Crippen LogP contribution in [0.5, 0.6) is 0 Å². The molecule has 1 heterocycles. The van der Waals surface area contributed by atoms with E-state index in [4.69, 9.17) is 0 Å². The molecule has 1 aliphatic rings. The summed E-state index contributed by atoms with van der Waals surface area (Å²) in [6.45, 7) is 6.88. The van der Waals surface area contributed by atoms with Gasteiger partial charge in [-0.25, -0.2) is 0 Å². The molecule has 0 aromatic heterocycles. The third kappa shape index (κ3) is 4.48. The Kier molecular flexibility index (Phi) is 6.65. The van der Waals surface area contributed by atoms with E-state index in [-0.39, 0.29) is 6.85 Å². The molecule has 0 atom stereocenters. The summed E-state index contributed by atoms with van der Waals surface area (Å²) < 4.78 is 0. The average molecular weight is 576 g/mol. The molecule has 1 nitrogen and oxygen atoms in total. The number of hydrogen-bond donors (Lipinski definition) is 0. The van der Waals surface area contributed by atoms with E-state index < -0.39 is 0 Å². The first-order chi connectivity index (χ1) is 22.1. The molecule has 8 rings (SSSR count). The normalized spacial score (nSPS) is 12.2. The standard InChI is InChI=1S/C43H34BN/c1-29-16-10-14-24-40(29)44-43-31(3)42(37-27-34-20-12-11-19-33(34)26-30(37)2)38(32-17-6-4-7-18-32)28-39(43)36-23-13-15-25-41(36)45(44)35-21-8-5-9-22-35/h4-28H,1-3H3. The van der Waals surface area contributed by atoms with E-state index in [1.165, 1.54) is 83.1 Å². The maximum absolute atomic E-state index is 2.56. The lowest BCUT2D eigenvalue weighted by atomic mass is 9.43. The zero-order valence-corrected chi connectivity index (χ0v) is 26.0. The Labute approximate surface area is 266 Å². The third-order valence-corrected chi connectivity index (χ3v) is 9.58. The topological polar surface area (TPSA) is 3.24 Å². The van der Waals surface area contributed by atoms with E-state index in [0.717, 1.165) is 0 Å². The minimum atomic E-state index is 0.00263. The molecule has 7 aromatic carbocycles. The van der Waals surface area contributed by atoms with E-state index in [1.54, 1.807) is 0 Å². The summed E-state index contributed by atoms with van der Waals surface area (Å²) >= 11 is 0. The van der Waals surface area contributed by atoms with E-state index in [9.17, 15) is 0 Å². The lowest BCUT2D eigenvalue weighted by Crippen LogP contribution is -2.59. The first-order valence-electron chi connectivity index (χ1n) is 15.8. The van der Waals surface area contributed by atoms with Crippen LogP contribution in [0.3, 0.4) is 0 Å². The molecule has 1 aliphatic heterocycles. The summed E-state index contributed by atoms with van der Waals surface area (Å²) in [7, 11) is 0. The molecule has 2 heteroatoms. The van der Waals surface area contributed by atoms with Gasteiger partial charge >= 0.3 is 6.85 Å². The van der Waals surface area contributed by atoms with Crippen LogP contribution in [0.1, 0.15) is 16.7 Å². The predicted molar refractivity (Wildman–Crippen MR) is 195 cm³/mol. The number of anilines is 2. The van der Waals surface area contributed by atoms with Crippen molar-refractivity contribution in [3.63, 3.8) is 0 Å². The Balaban J connectivity index is 1.53. The highest BCUT2D eigenvalue weighted by molar-refractivity contribution is 6.91. The van der Waals surface area contributed by atoms with Crippen molar-refractivity contribution >= 4 is 39.9 Å². The van der Waals surface area contributed by atoms with Crippen LogP contribution in [0, 0.1) is 20.8 Å². The van der Waals surface area contributed by atoms with Gasteiger partial charge in [-0.1, -0.05) is 127 Å². The maximum atomic E-state index is 2.56. The molecule has 0 spiro atoms. The smallest absolute Gasteiger partial charge is 0.329 e. The van der Waals surface area contributed by atoms with Gasteiger partial charge in [0.25, 0.3) is 0 Å². The second kappa shape index (κ2) is 11.0. The van der Waals surface area contributed by atoms with Crippen LogP contribution in [-0.2, 0) is 0 Å². The van der Waals surface area contributed by atoms with Crippen LogP contribution in [0.25, 0.3) is 44.2 Å². The molecule has 0 N–H and O–H groups in total. The first kappa shape index (κ1) is 27.2. The molecule has 0 bridgehead atoms. The van der Waals surface area contributed by atoms with Gasteiger partial charge in [-0.15, -0.1) is 0 Å². The van der Waals surface area contributed by atoms with Crippen molar-refractivity contribution in [2.75, 3.05) is 4.81 Å². The second-order valence-corrected chi connectivity index (χ2v) is 12.2. The van der Waals surface area contributed by atoms with Crippen molar-refractivity contribution in [1.82, 2.24) is 0 Å². The molecule has 0 aliphatic carbocycles. The number of fused-ring (bicyclic) bond motifs is 4. The summed E-state index contributed by atoms with van der Waals surface area (Å²) in [5.41, 5.74) is 16.7. The molecule has 0 amide bonds. The fraction of sp³-hybridized carbons (Fsp3) is 0.0698. The zero-order valence-electron chi connectivity index (χ0n) is 26.0. The molecule has 0 fully saturated rings. The zero-order chi connectivity index (χ0) is 30.5. The molecular formula is C43H34BN. The molecule has 0 radical (unpaired) electrons. The molecule has 0 saturated heterocycles. The Morgan fingerprint density at radius 2 is 1.09 bits per heavy atom. The van der Waals surface area contributed by atoms with Gasteiger partial charge in [0.05, 0.1) is 0 Å². The van der Waals surface area contributed by atoms with Crippen LogP contribution >= 0.6 is 0 Å². The van der Waals surface area contributed by atoms with Crippen molar-refractivity contribution < 1.29 is 0 Å². The van der Waals surface area contributed by atoms with Gasteiger partial charge in [0.15, 0.2) is 0 Å². The number of rotatable bonds is 4. The first-order valence-corrected chi connectivity index (χ1v) is 15.8. The molecule has 45 heavy (non-hydrogen) atoms. The van der Waals surface area contributed by atoms with E-state index in [2.05, 4.69) is 177 Å². The van der Waals surface area contributed by atoms with Crippen LogP contribution in [0.15, 0.2) is 152 Å². The Bertz CT molecular complexity index is 2200. The minimum Gasteiger partial charge on any atom is -0.376 e. The molecule has 214 valence electrons. The van der Waals surface area contributed by atoms with Gasteiger partial charge < -0.3 is 4.81 Å². The summed E-state index contributed by atoms with van der Waals surface area (Å²) in [5.74, 6) is 0. The van der Waals surface area contributed by atoms with Gasteiger partial charge in [0, 0.05) is 16.9 Å². The van der Waals surface area contributed by atoms with E-state index in [0.29, 0.717) is 0 Å². The average Bonchev–Trinajstić information content (AvgIpc) is 3.08. The van der Waals surface area contributed by atoms with E-state index in [1.807, 2.05) is 0 Å². The van der Waals surface area contributed by atoms with Crippen LogP contribution < -0.4 is 15.7 Å². The van der Waals surface area contributed by atoms with Crippen LogP contribution in [0.2, 0.25) is 0 Å². The quantitative estimate of drug-likeness (QED) is 0.189. The fourth-order valence-electron chi connectivity index (χ4n) is 7.47. The van der Waals surface area contributed by atoms with Crippen LogP contribution in [-0.4, -0.2) is 6.85 Å². The SMILES string of the molecule is Cc1ccccc1B1c2c(cc(-c3ccccc3)c(-c3cc4ccccc4cc3C)c2C)-c2ccccc2N1c1ccccc1. The van der Waals surface area contributed by atoms with Gasteiger partial charge in [-0.3, -0.25) is 0 Å². The maximum Gasteiger partial charge on any atom is 0.329 e. The van der Waals surface area contributed by atoms with Crippen molar-refractivity contribution in [1.29, 1.82) is 0 Å². The van der Waals surface area contributed by atoms with Crippen molar-refractivity contribution in [2.24, 2.45) is 0 Å². The number of nitrogens with zero attached hydrogens (tertiary/aromatic N) is 1. The third-order valence-electron chi connectivity index (χ3n) is 9.58. The Hall–Kier alpha value is -5.34. The summed E-state index contributed by atoms with van der Waals surface area (Å²) in [6, 6.07) is 55.6. The predicted octanol–water partition coefficient (Wildman–Crippen LogP) is 10.0. The number of hydrogen-bond acceptors (Lipinski definition) is 1. The summed E-state index contributed by atoms with van der Waals surface area (Å²) in [4.78, 5) is 2.56.